The quantitative estimate of drug-likeness (QED) is 0.759. The molecule has 2 aromatic rings. The Morgan fingerprint density at radius 3 is 2.43 bits per heavy atom. The molecular formula is C18H20BrNO3. The van der Waals surface area contributed by atoms with Crippen LogP contribution < -0.4 is 9.47 Å². The number of amides is 1. The van der Waals surface area contributed by atoms with Gasteiger partial charge < -0.3 is 14.4 Å². The molecule has 0 fully saturated rings. The van der Waals surface area contributed by atoms with Crippen LogP contribution in [0.25, 0.3) is 0 Å². The number of benzene rings is 2. The Morgan fingerprint density at radius 2 is 1.83 bits per heavy atom. The molecule has 2 rings (SSSR count). The summed E-state index contributed by atoms with van der Waals surface area (Å²) in [7, 11) is 3.35. The maximum atomic E-state index is 12.6. The highest BCUT2D eigenvalue weighted by Gasteiger charge is 2.15. The summed E-state index contributed by atoms with van der Waals surface area (Å²) in [6, 6.07) is 13.2. The molecule has 2 aromatic carbocycles. The second kappa shape index (κ2) is 8.02. The average Bonchev–Trinajstić information content (AvgIpc) is 2.57. The summed E-state index contributed by atoms with van der Waals surface area (Å²) in [6.07, 6.45) is 0. The third-order valence-electron chi connectivity index (χ3n) is 3.39. The number of carbonyl (C=O) groups excluding carboxylic acids is 1. The Balaban J connectivity index is 2.13. The van der Waals surface area contributed by atoms with E-state index in [0.29, 0.717) is 30.2 Å². The van der Waals surface area contributed by atoms with Crippen LogP contribution in [-0.4, -0.2) is 31.6 Å². The van der Waals surface area contributed by atoms with Gasteiger partial charge in [0, 0.05) is 23.6 Å². The number of halogens is 1. The third-order valence-corrected chi connectivity index (χ3v) is 3.92. The monoisotopic (exact) mass is 377 g/mol. The Morgan fingerprint density at radius 1 is 1.13 bits per heavy atom. The predicted molar refractivity (Wildman–Crippen MR) is 94.1 cm³/mol. The minimum atomic E-state index is -0.0609. The van der Waals surface area contributed by atoms with Gasteiger partial charge in [0.15, 0.2) is 11.5 Å². The van der Waals surface area contributed by atoms with Gasteiger partial charge in [-0.3, -0.25) is 4.79 Å². The Kier molecular flexibility index (Phi) is 6.04. The molecule has 0 saturated heterocycles. The second-order valence-corrected chi connectivity index (χ2v) is 6.00. The van der Waals surface area contributed by atoms with Gasteiger partial charge in [-0.05, 0) is 42.8 Å². The first-order valence-electron chi connectivity index (χ1n) is 7.36. The minimum Gasteiger partial charge on any atom is -0.493 e. The van der Waals surface area contributed by atoms with Crippen LogP contribution in [0.4, 0.5) is 0 Å². The molecule has 5 heteroatoms. The van der Waals surface area contributed by atoms with Crippen molar-refractivity contribution in [1.82, 2.24) is 4.90 Å². The van der Waals surface area contributed by atoms with Crippen LogP contribution in [0.2, 0.25) is 0 Å². The molecule has 122 valence electrons. The van der Waals surface area contributed by atoms with Crippen LogP contribution in [0.5, 0.6) is 11.5 Å². The summed E-state index contributed by atoms with van der Waals surface area (Å²) in [5.41, 5.74) is 1.65. The Labute approximate surface area is 145 Å². The molecule has 0 atom stereocenters. The zero-order chi connectivity index (χ0) is 16.8. The first-order chi connectivity index (χ1) is 11.0. The fraction of sp³-hybridized carbons (Fsp3) is 0.278. The molecule has 1 amide bonds. The zero-order valence-corrected chi connectivity index (χ0v) is 15.1. The van der Waals surface area contributed by atoms with Gasteiger partial charge in [0.1, 0.15) is 0 Å². The molecule has 0 aliphatic rings. The first kappa shape index (κ1) is 17.3. The molecule has 0 saturated carbocycles. The van der Waals surface area contributed by atoms with Crippen LogP contribution >= 0.6 is 15.9 Å². The van der Waals surface area contributed by atoms with Crippen LogP contribution in [0, 0.1) is 0 Å². The van der Waals surface area contributed by atoms with Gasteiger partial charge in [0.2, 0.25) is 0 Å². The summed E-state index contributed by atoms with van der Waals surface area (Å²) >= 11 is 3.41. The van der Waals surface area contributed by atoms with Gasteiger partial charge in [0.05, 0.1) is 13.7 Å². The number of nitrogens with zero attached hydrogens (tertiary/aromatic N) is 1. The van der Waals surface area contributed by atoms with E-state index in [1.54, 1.807) is 37.3 Å². The van der Waals surface area contributed by atoms with Crippen molar-refractivity contribution in [3.8, 4) is 11.5 Å². The minimum absolute atomic E-state index is 0.0609. The molecule has 0 heterocycles. The van der Waals surface area contributed by atoms with Crippen LogP contribution in [0.3, 0.4) is 0 Å². The molecule has 0 aliphatic heterocycles. The fourth-order valence-corrected chi connectivity index (χ4v) is 2.50. The summed E-state index contributed by atoms with van der Waals surface area (Å²) in [6.45, 7) is 3.00. The second-order valence-electron chi connectivity index (χ2n) is 5.09. The Bertz CT molecular complexity index is 670. The van der Waals surface area contributed by atoms with Crippen molar-refractivity contribution >= 4 is 21.8 Å². The molecule has 4 nitrogen and oxygen atoms in total. The highest BCUT2D eigenvalue weighted by atomic mass is 79.9. The van der Waals surface area contributed by atoms with E-state index in [-0.39, 0.29) is 5.91 Å². The van der Waals surface area contributed by atoms with Crippen molar-refractivity contribution in [3.63, 3.8) is 0 Å². The highest BCUT2D eigenvalue weighted by molar-refractivity contribution is 9.10. The summed E-state index contributed by atoms with van der Waals surface area (Å²) in [5.74, 6) is 1.14. The molecule has 0 N–H and O–H groups in total. The number of ether oxygens (including phenoxy) is 2. The summed E-state index contributed by atoms with van der Waals surface area (Å²) in [5, 5.41) is 0. The van der Waals surface area contributed by atoms with E-state index >= 15 is 0 Å². The average molecular weight is 378 g/mol. The van der Waals surface area contributed by atoms with E-state index in [1.807, 2.05) is 31.2 Å². The first-order valence-corrected chi connectivity index (χ1v) is 8.15. The van der Waals surface area contributed by atoms with E-state index in [0.717, 1.165) is 10.0 Å². The summed E-state index contributed by atoms with van der Waals surface area (Å²) < 4.78 is 11.8. The van der Waals surface area contributed by atoms with Crippen molar-refractivity contribution in [2.24, 2.45) is 0 Å². The number of hydrogen-bond acceptors (Lipinski definition) is 3. The van der Waals surface area contributed by atoms with Gasteiger partial charge in [0.25, 0.3) is 5.91 Å². The van der Waals surface area contributed by atoms with E-state index in [2.05, 4.69) is 15.9 Å². The number of carbonyl (C=O) groups is 1. The number of rotatable bonds is 6. The topological polar surface area (TPSA) is 38.8 Å². The van der Waals surface area contributed by atoms with Crippen molar-refractivity contribution in [1.29, 1.82) is 0 Å². The van der Waals surface area contributed by atoms with Crippen LogP contribution in [0.15, 0.2) is 46.9 Å². The smallest absolute Gasteiger partial charge is 0.254 e. The number of methoxy groups -OCH3 is 1. The number of hydrogen-bond donors (Lipinski definition) is 0. The zero-order valence-electron chi connectivity index (χ0n) is 13.5. The maximum Gasteiger partial charge on any atom is 0.254 e. The lowest BCUT2D eigenvalue weighted by Crippen LogP contribution is -2.26. The largest absolute Gasteiger partial charge is 0.493 e. The Hall–Kier alpha value is -2.01. The highest BCUT2D eigenvalue weighted by Crippen LogP contribution is 2.28. The van der Waals surface area contributed by atoms with E-state index in [1.165, 1.54) is 0 Å². The summed E-state index contributed by atoms with van der Waals surface area (Å²) in [4.78, 5) is 14.3. The lowest BCUT2D eigenvalue weighted by atomic mass is 10.1. The lowest BCUT2D eigenvalue weighted by molar-refractivity contribution is 0.0784. The van der Waals surface area contributed by atoms with E-state index in [4.69, 9.17) is 9.47 Å². The van der Waals surface area contributed by atoms with Gasteiger partial charge in [-0.25, -0.2) is 0 Å². The van der Waals surface area contributed by atoms with Crippen LogP contribution in [0.1, 0.15) is 22.8 Å². The van der Waals surface area contributed by atoms with Crippen molar-refractivity contribution in [2.45, 2.75) is 13.5 Å². The molecule has 0 radical (unpaired) electrons. The maximum absolute atomic E-state index is 12.6. The molecule has 0 aromatic heterocycles. The van der Waals surface area contributed by atoms with Gasteiger partial charge in [-0.2, -0.15) is 0 Å². The normalized spacial score (nSPS) is 10.3. The van der Waals surface area contributed by atoms with Crippen molar-refractivity contribution < 1.29 is 14.3 Å². The van der Waals surface area contributed by atoms with Crippen molar-refractivity contribution in [3.05, 3.63) is 58.1 Å². The molecule has 0 bridgehead atoms. The third kappa shape index (κ3) is 4.48. The lowest BCUT2D eigenvalue weighted by Gasteiger charge is -2.18. The fourth-order valence-electron chi connectivity index (χ4n) is 2.23. The predicted octanol–water partition coefficient (Wildman–Crippen LogP) is 4.13. The standard InChI is InChI=1S/C18H20BrNO3/c1-4-23-16-10-7-14(11-17(16)22-3)18(21)20(2)12-13-5-8-15(19)9-6-13/h5-11H,4,12H2,1-3H3. The molecule has 0 unspecified atom stereocenters. The van der Waals surface area contributed by atoms with Gasteiger partial charge >= 0.3 is 0 Å². The van der Waals surface area contributed by atoms with E-state index in [9.17, 15) is 4.79 Å². The van der Waals surface area contributed by atoms with Crippen molar-refractivity contribution in [2.75, 3.05) is 20.8 Å². The van der Waals surface area contributed by atoms with E-state index < -0.39 is 0 Å². The van der Waals surface area contributed by atoms with Gasteiger partial charge in [-0.1, -0.05) is 28.1 Å². The molecule has 0 aliphatic carbocycles. The molecule has 23 heavy (non-hydrogen) atoms. The SMILES string of the molecule is CCOc1ccc(C(=O)N(C)Cc2ccc(Br)cc2)cc1OC. The van der Waals surface area contributed by atoms with Crippen LogP contribution in [-0.2, 0) is 6.54 Å². The molecular weight excluding hydrogens is 358 g/mol. The van der Waals surface area contributed by atoms with Gasteiger partial charge in [-0.15, -0.1) is 0 Å². The molecule has 0 spiro atoms.